The molecule has 0 bridgehead atoms. The number of thiophene rings is 1. The number of carbonyl (C=O) groups excluding carboxylic acids is 1. The Labute approximate surface area is 229 Å². The van der Waals surface area contributed by atoms with Crippen molar-refractivity contribution in [1.29, 1.82) is 0 Å². The Morgan fingerprint density at radius 1 is 1.16 bits per heavy atom. The Kier molecular flexibility index (Phi) is 7.77. The van der Waals surface area contributed by atoms with Crippen molar-refractivity contribution in [1.82, 2.24) is 19.5 Å². The molecular weight excluding hydrogens is 518 g/mol. The number of sulfonamides is 1. The van der Waals surface area contributed by atoms with Gasteiger partial charge in [0.05, 0.1) is 4.90 Å². The maximum Gasteiger partial charge on any atom is 0.241 e. The van der Waals surface area contributed by atoms with Gasteiger partial charge in [-0.3, -0.25) is 9.69 Å². The Bertz CT molecular complexity index is 1430. The fourth-order valence-corrected chi connectivity index (χ4v) is 7.74. The van der Waals surface area contributed by atoms with Crippen LogP contribution in [-0.4, -0.2) is 60.8 Å². The molecule has 2 aromatic heterocycles. The highest BCUT2D eigenvalue weighted by Crippen LogP contribution is 2.30. The number of pyridine rings is 1. The minimum absolute atomic E-state index is 0.173. The van der Waals surface area contributed by atoms with Crippen molar-refractivity contribution in [3.05, 3.63) is 52.5 Å². The van der Waals surface area contributed by atoms with Crippen LogP contribution in [0.1, 0.15) is 49.6 Å². The second-order valence-electron chi connectivity index (χ2n) is 11.0. The van der Waals surface area contributed by atoms with Gasteiger partial charge in [0, 0.05) is 59.8 Å². The van der Waals surface area contributed by atoms with Gasteiger partial charge in [-0.15, -0.1) is 11.3 Å². The van der Waals surface area contributed by atoms with Gasteiger partial charge in [-0.2, -0.15) is 4.72 Å². The number of fused-ring (bicyclic) bond motifs is 2. The number of amides is 1. The molecule has 0 aliphatic carbocycles. The lowest BCUT2D eigenvalue weighted by molar-refractivity contribution is -0.134. The first-order valence-corrected chi connectivity index (χ1v) is 15.7. The summed E-state index contributed by atoms with van der Waals surface area (Å²) in [7, 11) is -3.93. The van der Waals surface area contributed by atoms with Crippen LogP contribution >= 0.6 is 11.3 Å². The number of aromatic nitrogens is 1. The first-order valence-electron chi connectivity index (χ1n) is 13.4. The van der Waals surface area contributed by atoms with Crippen molar-refractivity contribution in [2.75, 3.05) is 25.4 Å². The van der Waals surface area contributed by atoms with Gasteiger partial charge in [0.15, 0.2) is 0 Å². The molecule has 8 nitrogen and oxygen atoms in total. The molecule has 204 valence electrons. The number of benzene rings is 1. The second-order valence-corrected chi connectivity index (χ2v) is 13.8. The fraction of sp³-hybridized carbons (Fsp3) is 0.500. The Hall–Kier alpha value is -2.53. The third-order valence-electron chi connectivity index (χ3n) is 7.88. The summed E-state index contributed by atoms with van der Waals surface area (Å²) >= 11 is 1.52. The van der Waals surface area contributed by atoms with Crippen LogP contribution in [0.2, 0.25) is 0 Å². The number of hydrogen-bond acceptors (Lipinski definition) is 7. The first kappa shape index (κ1) is 27.1. The maximum absolute atomic E-state index is 13.7. The number of anilines is 1. The van der Waals surface area contributed by atoms with E-state index in [1.807, 2.05) is 23.1 Å². The molecule has 4 heterocycles. The van der Waals surface area contributed by atoms with Crippen molar-refractivity contribution in [3.8, 4) is 0 Å². The van der Waals surface area contributed by atoms with E-state index in [0.717, 1.165) is 52.9 Å². The summed E-state index contributed by atoms with van der Waals surface area (Å²) in [5, 5.41) is 0.831. The van der Waals surface area contributed by atoms with Crippen LogP contribution in [0.25, 0.3) is 10.1 Å². The van der Waals surface area contributed by atoms with Gasteiger partial charge in [-0.25, -0.2) is 13.4 Å². The van der Waals surface area contributed by atoms with Crippen LogP contribution < -0.4 is 10.5 Å². The van der Waals surface area contributed by atoms with Gasteiger partial charge >= 0.3 is 0 Å². The van der Waals surface area contributed by atoms with Gasteiger partial charge in [0.2, 0.25) is 15.9 Å². The van der Waals surface area contributed by atoms with Crippen molar-refractivity contribution < 1.29 is 13.2 Å². The van der Waals surface area contributed by atoms with Crippen molar-refractivity contribution in [2.24, 2.45) is 5.92 Å². The van der Waals surface area contributed by atoms with E-state index in [1.165, 1.54) is 16.9 Å². The van der Waals surface area contributed by atoms with Gasteiger partial charge in [-0.05, 0) is 74.4 Å². The number of rotatable bonds is 7. The normalized spacial score (nSPS) is 18.2. The van der Waals surface area contributed by atoms with E-state index in [9.17, 15) is 13.2 Å². The van der Waals surface area contributed by atoms with Crippen LogP contribution in [0.4, 0.5) is 5.82 Å². The molecule has 1 atom stereocenters. The van der Waals surface area contributed by atoms with Crippen LogP contribution in [0.3, 0.4) is 0 Å². The molecule has 2 aliphatic rings. The molecule has 1 saturated heterocycles. The average molecular weight is 556 g/mol. The molecule has 1 aromatic carbocycles. The molecule has 0 saturated carbocycles. The molecular formula is C28H37N5O3S2. The smallest absolute Gasteiger partial charge is 0.241 e. The van der Waals surface area contributed by atoms with E-state index < -0.39 is 16.1 Å². The number of nitrogens with one attached hydrogen (secondary N) is 1. The predicted octanol–water partition coefficient (Wildman–Crippen LogP) is 3.79. The molecule has 3 aromatic rings. The lowest BCUT2D eigenvalue weighted by atomic mass is 9.98. The standard InChI is InChI=1S/C28H37N5O3S2/c1-18(2)33-13-9-20-4-5-23(14-21(20)17-33)38(35,36)31-25(28(34)32-11-7-19(3)8-12-32)16-22-15-24-26(37-22)6-10-30-27(24)29/h4-6,10,14-15,18-19,25,31H,7-9,11-13,16-17H2,1-3H3,(H2,29,30). The number of nitrogens with two attached hydrogens (primary N) is 1. The molecule has 1 fully saturated rings. The zero-order valence-electron chi connectivity index (χ0n) is 22.3. The summed E-state index contributed by atoms with van der Waals surface area (Å²) in [5.41, 5.74) is 8.28. The molecule has 1 amide bonds. The maximum atomic E-state index is 13.7. The summed E-state index contributed by atoms with van der Waals surface area (Å²) in [6.45, 7) is 9.48. The summed E-state index contributed by atoms with van der Waals surface area (Å²) in [4.78, 5) is 23.1. The van der Waals surface area contributed by atoms with E-state index in [0.29, 0.717) is 30.9 Å². The van der Waals surface area contributed by atoms with Gasteiger partial charge < -0.3 is 10.6 Å². The molecule has 3 N–H and O–H groups in total. The van der Waals surface area contributed by atoms with Crippen molar-refractivity contribution >= 4 is 43.2 Å². The molecule has 5 rings (SSSR count). The summed E-state index contributed by atoms with van der Waals surface area (Å²) < 4.78 is 31.1. The third-order valence-corrected chi connectivity index (χ3v) is 10.5. The quantitative estimate of drug-likeness (QED) is 0.459. The summed E-state index contributed by atoms with van der Waals surface area (Å²) in [6.07, 6.45) is 4.67. The zero-order valence-corrected chi connectivity index (χ0v) is 23.9. The van der Waals surface area contributed by atoms with Crippen molar-refractivity contribution in [3.63, 3.8) is 0 Å². The topological polar surface area (TPSA) is 109 Å². The van der Waals surface area contributed by atoms with Crippen LogP contribution in [0.5, 0.6) is 0 Å². The third kappa shape index (κ3) is 5.73. The molecule has 0 spiro atoms. The number of nitrogens with zero attached hydrogens (tertiary/aromatic N) is 3. The van der Waals surface area contributed by atoms with E-state index >= 15 is 0 Å². The summed E-state index contributed by atoms with van der Waals surface area (Å²) in [5.74, 6) is 0.823. The SMILES string of the molecule is CC1CCN(C(=O)C(Cc2cc3c(N)nccc3s2)NS(=O)(=O)c2ccc3c(c2)CN(C(C)C)CC3)CC1. The lowest BCUT2D eigenvalue weighted by Crippen LogP contribution is -2.51. The predicted molar refractivity (Wildman–Crippen MR) is 153 cm³/mol. The van der Waals surface area contributed by atoms with E-state index in [4.69, 9.17) is 5.73 Å². The van der Waals surface area contributed by atoms with E-state index in [1.54, 1.807) is 18.3 Å². The molecule has 10 heteroatoms. The number of nitrogen functional groups attached to an aromatic ring is 1. The van der Waals surface area contributed by atoms with Crippen LogP contribution in [-0.2, 0) is 34.2 Å². The number of piperidine rings is 1. The van der Waals surface area contributed by atoms with E-state index in [2.05, 4.69) is 35.4 Å². The molecule has 1 unspecified atom stereocenters. The van der Waals surface area contributed by atoms with Crippen LogP contribution in [0.15, 0.2) is 41.4 Å². The second kappa shape index (κ2) is 10.9. The monoisotopic (exact) mass is 555 g/mol. The van der Waals surface area contributed by atoms with Gasteiger partial charge in [0.25, 0.3) is 0 Å². The molecule has 0 radical (unpaired) electrons. The van der Waals surface area contributed by atoms with E-state index in [-0.39, 0.29) is 17.2 Å². The number of likely N-dealkylation sites (tertiary alicyclic amines) is 1. The largest absolute Gasteiger partial charge is 0.383 e. The Morgan fingerprint density at radius 2 is 1.92 bits per heavy atom. The first-order chi connectivity index (χ1) is 18.1. The fourth-order valence-electron chi connectivity index (χ4n) is 5.39. The zero-order chi connectivity index (χ0) is 27.0. The lowest BCUT2D eigenvalue weighted by Gasteiger charge is -2.33. The minimum atomic E-state index is -3.93. The van der Waals surface area contributed by atoms with Crippen LogP contribution in [0, 0.1) is 5.92 Å². The number of hydrogen-bond donors (Lipinski definition) is 2. The van der Waals surface area contributed by atoms with Gasteiger partial charge in [-0.1, -0.05) is 13.0 Å². The van der Waals surface area contributed by atoms with Crippen molar-refractivity contribution in [2.45, 2.75) is 70.0 Å². The minimum Gasteiger partial charge on any atom is -0.383 e. The Morgan fingerprint density at radius 3 is 2.63 bits per heavy atom. The highest BCUT2D eigenvalue weighted by atomic mass is 32.2. The molecule has 38 heavy (non-hydrogen) atoms. The highest BCUT2D eigenvalue weighted by Gasteiger charge is 2.32. The molecule has 2 aliphatic heterocycles. The Balaban J connectivity index is 1.43. The summed E-state index contributed by atoms with van der Waals surface area (Å²) in [6, 6.07) is 8.67. The number of carbonyl (C=O) groups is 1. The average Bonchev–Trinajstić information content (AvgIpc) is 3.31. The van der Waals surface area contributed by atoms with Gasteiger partial charge in [0.1, 0.15) is 11.9 Å². The highest BCUT2D eigenvalue weighted by molar-refractivity contribution is 7.89.